The normalized spacial score (nSPS) is 16.1. The van der Waals surface area contributed by atoms with Gasteiger partial charge in [0.1, 0.15) is 5.56 Å². The van der Waals surface area contributed by atoms with Crippen molar-refractivity contribution in [3.8, 4) is 5.13 Å². The summed E-state index contributed by atoms with van der Waals surface area (Å²) >= 11 is 1.00. The van der Waals surface area contributed by atoms with Crippen LogP contribution in [-0.4, -0.2) is 95.0 Å². The number of hydrogen-bond donors (Lipinski definition) is 2. The Labute approximate surface area is 220 Å². The molecule has 2 saturated heterocycles. The third kappa shape index (κ3) is 5.04. The summed E-state index contributed by atoms with van der Waals surface area (Å²) in [6, 6.07) is 0.988. The molecule has 3 aromatic heterocycles. The zero-order valence-corrected chi connectivity index (χ0v) is 21.4. The highest BCUT2D eigenvalue weighted by atomic mass is 32.1. The molecule has 0 atom stereocenters. The van der Waals surface area contributed by atoms with E-state index in [1.54, 1.807) is 4.90 Å². The van der Waals surface area contributed by atoms with E-state index in [4.69, 9.17) is 9.47 Å². The van der Waals surface area contributed by atoms with Gasteiger partial charge in [-0.3, -0.25) is 14.2 Å². The number of amides is 1. The van der Waals surface area contributed by atoms with Crippen LogP contribution in [0.1, 0.15) is 17.3 Å². The molecule has 38 heavy (non-hydrogen) atoms. The van der Waals surface area contributed by atoms with Crippen LogP contribution >= 0.6 is 11.5 Å². The largest absolute Gasteiger partial charge is 0.477 e. The van der Waals surface area contributed by atoms with Gasteiger partial charge in [0.2, 0.25) is 22.4 Å². The molecular formula is C23H26FN7O6S. The maximum absolute atomic E-state index is 15.1. The summed E-state index contributed by atoms with van der Waals surface area (Å²) in [5.41, 5.74) is -1.34. The van der Waals surface area contributed by atoms with E-state index in [0.29, 0.717) is 52.0 Å². The van der Waals surface area contributed by atoms with Crippen LogP contribution in [0.5, 0.6) is 0 Å². The van der Waals surface area contributed by atoms with Crippen LogP contribution in [0, 0.1) is 11.7 Å². The van der Waals surface area contributed by atoms with Gasteiger partial charge in [0.05, 0.1) is 31.1 Å². The fourth-order valence-corrected chi connectivity index (χ4v) is 4.95. The predicted molar refractivity (Wildman–Crippen MR) is 136 cm³/mol. The lowest BCUT2D eigenvalue weighted by molar-refractivity contribution is -0.125. The van der Waals surface area contributed by atoms with Crippen LogP contribution in [0.15, 0.2) is 17.1 Å². The fourth-order valence-electron chi connectivity index (χ4n) is 4.28. The van der Waals surface area contributed by atoms with E-state index in [2.05, 4.69) is 19.7 Å². The Hall–Kier alpha value is -3.69. The lowest BCUT2D eigenvalue weighted by atomic mass is 9.99. The van der Waals surface area contributed by atoms with Crippen LogP contribution in [0.2, 0.25) is 0 Å². The van der Waals surface area contributed by atoms with E-state index in [9.17, 15) is 19.5 Å². The molecule has 2 fully saturated rings. The van der Waals surface area contributed by atoms with Crippen molar-refractivity contribution in [1.29, 1.82) is 0 Å². The van der Waals surface area contributed by atoms with Crippen molar-refractivity contribution in [2.45, 2.75) is 6.92 Å². The molecule has 1 amide bonds. The third-order valence-electron chi connectivity index (χ3n) is 6.35. The number of pyridine rings is 2. The summed E-state index contributed by atoms with van der Waals surface area (Å²) in [6.07, 6.45) is 1.13. The lowest BCUT2D eigenvalue weighted by Crippen LogP contribution is -2.54. The molecule has 0 spiro atoms. The molecule has 2 aliphatic rings. The Morgan fingerprint density at radius 1 is 1.26 bits per heavy atom. The molecule has 202 valence electrons. The van der Waals surface area contributed by atoms with E-state index in [0.717, 1.165) is 23.8 Å². The average Bonchev–Trinajstić information content (AvgIpc) is 3.37. The van der Waals surface area contributed by atoms with Crippen LogP contribution in [-0.2, 0) is 14.3 Å². The number of carbonyl (C=O) groups excluding carboxylic acids is 1. The van der Waals surface area contributed by atoms with E-state index < -0.39 is 22.8 Å². The standard InChI is InChI=1S/C23H26FN7O6S/c1-2-36-6-3-25-20(33)13-10-30(11-13)19-16(24)9-14-17(32)15(21(34)35)12-31(18(14)26-19)23-27-22(28-38-23)29-4-7-37-8-5-29/h9,12-13H,2-8,10-11H2,1H3,(H,25,33)(H,34,35). The molecule has 0 aliphatic carbocycles. The van der Waals surface area contributed by atoms with Gasteiger partial charge in [-0.25, -0.2) is 14.2 Å². The van der Waals surface area contributed by atoms with Gasteiger partial charge in [0.15, 0.2) is 17.3 Å². The molecule has 3 aromatic rings. The number of halogens is 1. The molecule has 5 rings (SSSR count). The topological polar surface area (TPSA) is 152 Å². The number of hydrogen-bond acceptors (Lipinski definition) is 11. The SMILES string of the molecule is CCOCCNC(=O)C1CN(c2nc3c(cc2F)c(=O)c(C(=O)O)cn3-c2nc(N3CCOCC3)ns2)C1. The highest BCUT2D eigenvalue weighted by Gasteiger charge is 2.35. The Bertz CT molecular complexity index is 1420. The first kappa shape index (κ1) is 25.9. The van der Waals surface area contributed by atoms with Crippen LogP contribution < -0.4 is 20.5 Å². The highest BCUT2D eigenvalue weighted by molar-refractivity contribution is 7.08. The lowest BCUT2D eigenvalue weighted by Gasteiger charge is -2.39. The van der Waals surface area contributed by atoms with E-state index in [1.807, 2.05) is 11.8 Å². The van der Waals surface area contributed by atoms with Gasteiger partial charge in [-0.15, -0.1) is 0 Å². The summed E-state index contributed by atoms with van der Waals surface area (Å²) in [7, 11) is 0. The minimum Gasteiger partial charge on any atom is -0.477 e. The summed E-state index contributed by atoms with van der Waals surface area (Å²) in [5.74, 6) is -2.33. The molecule has 15 heteroatoms. The average molecular weight is 548 g/mol. The molecule has 2 N–H and O–H groups in total. The highest BCUT2D eigenvalue weighted by Crippen LogP contribution is 2.29. The number of anilines is 2. The number of ether oxygens (including phenoxy) is 2. The van der Waals surface area contributed by atoms with Gasteiger partial charge in [-0.05, 0) is 13.0 Å². The molecule has 0 unspecified atom stereocenters. The van der Waals surface area contributed by atoms with Crippen molar-refractivity contribution in [1.82, 2.24) is 24.2 Å². The number of aromatic nitrogens is 4. The molecule has 0 aromatic carbocycles. The van der Waals surface area contributed by atoms with Gasteiger partial charge in [-0.1, -0.05) is 0 Å². The number of carboxylic acids is 1. The van der Waals surface area contributed by atoms with Crippen molar-refractivity contribution in [3.05, 3.63) is 33.9 Å². The van der Waals surface area contributed by atoms with Crippen molar-refractivity contribution >= 4 is 46.2 Å². The second kappa shape index (κ2) is 11.0. The Morgan fingerprint density at radius 2 is 2.03 bits per heavy atom. The molecule has 0 bridgehead atoms. The molecular weight excluding hydrogens is 521 g/mol. The van der Waals surface area contributed by atoms with E-state index >= 15 is 4.39 Å². The summed E-state index contributed by atoms with van der Waals surface area (Å²) in [5, 5.41) is 12.5. The van der Waals surface area contributed by atoms with Crippen LogP contribution in [0.25, 0.3) is 16.2 Å². The fraction of sp³-hybridized carbons (Fsp3) is 0.478. The number of aromatic carboxylic acids is 1. The van der Waals surface area contributed by atoms with Crippen molar-refractivity contribution in [2.24, 2.45) is 5.92 Å². The first-order valence-electron chi connectivity index (χ1n) is 12.1. The Balaban J connectivity index is 1.46. The first-order valence-corrected chi connectivity index (χ1v) is 12.9. The zero-order chi connectivity index (χ0) is 26.8. The van der Waals surface area contributed by atoms with Gasteiger partial charge >= 0.3 is 5.97 Å². The van der Waals surface area contributed by atoms with Gasteiger partial charge in [0, 0.05) is 57.1 Å². The second-order valence-electron chi connectivity index (χ2n) is 8.78. The van der Waals surface area contributed by atoms with Crippen LogP contribution in [0.4, 0.5) is 16.2 Å². The monoisotopic (exact) mass is 547 g/mol. The van der Waals surface area contributed by atoms with Gasteiger partial charge < -0.3 is 29.7 Å². The Kier molecular flexibility index (Phi) is 7.49. The molecule has 13 nitrogen and oxygen atoms in total. The number of morpholine rings is 1. The van der Waals surface area contributed by atoms with Gasteiger partial charge in [-0.2, -0.15) is 9.36 Å². The first-order chi connectivity index (χ1) is 18.4. The van der Waals surface area contributed by atoms with Crippen molar-refractivity contribution < 1.29 is 28.6 Å². The number of nitrogens with zero attached hydrogens (tertiary/aromatic N) is 6. The van der Waals surface area contributed by atoms with E-state index in [-0.39, 0.29) is 46.9 Å². The predicted octanol–water partition coefficient (Wildman–Crippen LogP) is 0.500. The summed E-state index contributed by atoms with van der Waals surface area (Å²) in [6.45, 7) is 5.98. The summed E-state index contributed by atoms with van der Waals surface area (Å²) in [4.78, 5) is 49.5. The summed E-state index contributed by atoms with van der Waals surface area (Å²) < 4.78 is 31.4. The number of carbonyl (C=O) groups is 2. The van der Waals surface area contributed by atoms with E-state index in [1.165, 1.54) is 4.57 Å². The maximum atomic E-state index is 15.1. The van der Waals surface area contributed by atoms with Gasteiger partial charge in [0.25, 0.3) is 0 Å². The maximum Gasteiger partial charge on any atom is 0.341 e. The molecule has 0 saturated carbocycles. The number of fused-ring (bicyclic) bond motifs is 1. The zero-order valence-electron chi connectivity index (χ0n) is 20.6. The van der Waals surface area contributed by atoms with Crippen molar-refractivity contribution in [3.63, 3.8) is 0 Å². The number of rotatable bonds is 9. The Morgan fingerprint density at radius 3 is 2.74 bits per heavy atom. The third-order valence-corrected chi connectivity index (χ3v) is 7.06. The molecule has 0 radical (unpaired) electrons. The van der Waals surface area contributed by atoms with Crippen molar-refractivity contribution in [2.75, 3.05) is 69.0 Å². The quantitative estimate of drug-likeness (QED) is 0.360. The minimum atomic E-state index is -1.45. The number of nitrogens with one attached hydrogen (secondary N) is 1. The minimum absolute atomic E-state index is 0.0370. The second-order valence-corrected chi connectivity index (χ2v) is 9.51. The number of carboxylic acid groups (broad SMARTS) is 1. The van der Waals surface area contributed by atoms with Crippen LogP contribution in [0.3, 0.4) is 0 Å². The molecule has 2 aliphatic heterocycles. The molecule has 5 heterocycles. The smallest absolute Gasteiger partial charge is 0.341 e.